The van der Waals surface area contributed by atoms with E-state index in [1.165, 1.54) is 10.3 Å². The predicted molar refractivity (Wildman–Crippen MR) is 124 cm³/mol. The van der Waals surface area contributed by atoms with Gasteiger partial charge in [-0.1, -0.05) is 13.0 Å². The minimum Gasteiger partial charge on any atom is -0.355 e. The number of nitrogens with one attached hydrogen (secondary N) is 2. The molecule has 158 valence electrons. The van der Waals surface area contributed by atoms with Crippen molar-refractivity contribution < 1.29 is 9.59 Å². The van der Waals surface area contributed by atoms with E-state index in [1.807, 2.05) is 56.0 Å². The van der Waals surface area contributed by atoms with Gasteiger partial charge in [0.2, 0.25) is 11.8 Å². The first-order chi connectivity index (χ1) is 14.4. The van der Waals surface area contributed by atoms with Gasteiger partial charge in [0.05, 0.1) is 22.8 Å². The fraction of sp³-hybridized carbons (Fsp3) is 0.348. The standard InChI is InChI=1S/C23H28N4O2S/c1-5-24-21(28)14-27(6-2)16(4)22(29)25-18-10-8-17(9-11-18)23-26-19-12-7-15(3)13-20(19)30-23/h7-13,16H,5-6,14H2,1-4H3,(H,24,28)(H,25,29)/t16-/m0/s1. The Morgan fingerprint density at radius 2 is 1.87 bits per heavy atom. The third-order valence-corrected chi connectivity index (χ3v) is 6.06. The third kappa shape index (κ3) is 5.23. The van der Waals surface area contributed by atoms with Gasteiger partial charge >= 0.3 is 0 Å². The van der Waals surface area contributed by atoms with E-state index < -0.39 is 6.04 Å². The number of likely N-dealkylation sites (N-methyl/N-ethyl adjacent to an activating group) is 2. The molecule has 0 saturated carbocycles. The van der Waals surface area contributed by atoms with Crippen molar-refractivity contribution in [2.45, 2.75) is 33.7 Å². The van der Waals surface area contributed by atoms with Gasteiger partial charge in [-0.05, 0) is 69.3 Å². The summed E-state index contributed by atoms with van der Waals surface area (Å²) in [5.41, 5.74) is 3.96. The monoisotopic (exact) mass is 424 g/mol. The smallest absolute Gasteiger partial charge is 0.241 e. The lowest BCUT2D eigenvalue weighted by molar-refractivity contribution is -0.125. The van der Waals surface area contributed by atoms with E-state index in [2.05, 4.69) is 29.7 Å². The predicted octanol–water partition coefficient (Wildman–Crippen LogP) is 4.06. The second kappa shape index (κ2) is 9.82. The second-order valence-corrected chi connectivity index (χ2v) is 8.28. The third-order valence-electron chi connectivity index (χ3n) is 5.00. The molecule has 0 saturated heterocycles. The maximum atomic E-state index is 12.7. The Morgan fingerprint density at radius 1 is 1.13 bits per heavy atom. The van der Waals surface area contributed by atoms with Crippen LogP contribution in [0.2, 0.25) is 0 Å². The van der Waals surface area contributed by atoms with Crippen LogP contribution in [0.3, 0.4) is 0 Å². The average Bonchev–Trinajstić information content (AvgIpc) is 3.15. The summed E-state index contributed by atoms with van der Waals surface area (Å²) < 4.78 is 1.17. The van der Waals surface area contributed by atoms with Crippen LogP contribution in [0.4, 0.5) is 5.69 Å². The zero-order chi connectivity index (χ0) is 21.7. The van der Waals surface area contributed by atoms with Crippen LogP contribution in [0.5, 0.6) is 0 Å². The van der Waals surface area contributed by atoms with E-state index in [4.69, 9.17) is 4.98 Å². The number of thiazole rings is 1. The first kappa shape index (κ1) is 21.9. The van der Waals surface area contributed by atoms with Crippen LogP contribution >= 0.6 is 11.3 Å². The van der Waals surface area contributed by atoms with Crippen molar-refractivity contribution in [3.8, 4) is 10.6 Å². The highest BCUT2D eigenvalue weighted by Crippen LogP contribution is 2.31. The number of aryl methyl sites for hydroxylation is 1. The Bertz CT molecular complexity index is 1030. The molecule has 6 nitrogen and oxygen atoms in total. The molecule has 2 aromatic carbocycles. The Balaban J connectivity index is 1.66. The number of carbonyl (C=O) groups is 2. The maximum Gasteiger partial charge on any atom is 0.241 e. The van der Waals surface area contributed by atoms with Crippen molar-refractivity contribution in [1.29, 1.82) is 0 Å². The van der Waals surface area contributed by atoms with E-state index in [0.29, 0.717) is 13.1 Å². The summed E-state index contributed by atoms with van der Waals surface area (Å²) >= 11 is 1.66. The van der Waals surface area contributed by atoms with Gasteiger partial charge in [-0.3, -0.25) is 14.5 Å². The molecular weight excluding hydrogens is 396 g/mol. The Kier molecular flexibility index (Phi) is 7.18. The van der Waals surface area contributed by atoms with E-state index in [1.54, 1.807) is 11.3 Å². The second-order valence-electron chi connectivity index (χ2n) is 7.25. The number of amides is 2. The van der Waals surface area contributed by atoms with Gasteiger partial charge < -0.3 is 10.6 Å². The molecular formula is C23H28N4O2S. The summed E-state index contributed by atoms with van der Waals surface area (Å²) in [4.78, 5) is 31.1. The molecule has 0 aliphatic heterocycles. The molecule has 1 aromatic heterocycles. The Morgan fingerprint density at radius 3 is 2.53 bits per heavy atom. The summed E-state index contributed by atoms with van der Waals surface area (Å²) in [6.45, 7) is 9.11. The summed E-state index contributed by atoms with van der Waals surface area (Å²) in [6.07, 6.45) is 0. The highest BCUT2D eigenvalue weighted by atomic mass is 32.1. The van der Waals surface area contributed by atoms with Gasteiger partial charge in [-0.25, -0.2) is 4.98 Å². The number of carbonyl (C=O) groups excluding carboxylic acids is 2. The topological polar surface area (TPSA) is 74.3 Å². The van der Waals surface area contributed by atoms with Crippen molar-refractivity contribution in [1.82, 2.24) is 15.2 Å². The summed E-state index contributed by atoms with van der Waals surface area (Å²) in [5.74, 6) is -0.209. The minimum atomic E-state index is -0.412. The first-order valence-electron chi connectivity index (χ1n) is 10.2. The Hall–Kier alpha value is -2.77. The van der Waals surface area contributed by atoms with Crippen molar-refractivity contribution in [2.75, 3.05) is 25.0 Å². The van der Waals surface area contributed by atoms with Crippen LogP contribution in [0.25, 0.3) is 20.8 Å². The highest BCUT2D eigenvalue weighted by molar-refractivity contribution is 7.21. The van der Waals surface area contributed by atoms with Crippen molar-refractivity contribution in [3.05, 3.63) is 48.0 Å². The SMILES string of the molecule is CCNC(=O)CN(CC)[C@@H](C)C(=O)Nc1ccc(-c2nc3ccc(C)cc3s2)cc1. The number of benzene rings is 2. The normalized spacial score (nSPS) is 12.2. The van der Waals surface area contributed by atoms with Crippen LogP contribution in [-0.2, 0) is 9.59 Å². The van der Waals surface area contributed by atoms with Crippen molar-refractivity contribution in [2.24, 2.45) is 0 Å². The van der Waals surface area contributed by atoms with Crippen LogP contribution in [0, 0.1) is 6.92 Å². The Labute approximate surface area is 181 Å². The molecule has 0 aliphatic carbocycles. The number of hydrogen-bond donors (Lipinski definition) is 2. The lowest BCUT2D eigenvalue weighted by Gasteiger charge is -2.26. The van der Waals surface area contributed by atoms with Crippen LogP contribution in [0.1, 0.15) is 26.3 Å². The number of hydrogen-bond acceptors (Lipinski definition) is 5. The average molecular weight is 425 g/mol. The fourth-order valence-electron chi connectivity index (χ4n) is 3.22. The lowest BCUT2D eigenvalue weighted by Crippen LogP contribution is -2.46. The maximum absolute atomic E-state index is 12.7. The molecule has 2 amide bonds. The van der Waals surface area contributed by atoms with Gasteiger partial charge in [-0.2, -0.15) is 0 Å². The van der Waals surface area contributed by atoms with Crippen LogP contribution < -0.4 is 10.6 Å². The highest BCUT2D eigenvalue weighted by Gasteiger charge is 2.22. The number of rotatable bonds is 8. The van der Waals surface area contributed by atoms with E-state index in [-0.39, 0.29) is 18.4 Å². The van der Waals surface area contributed by atoms with E-state index >= 15 is 0 Å². The molecule has 0 aliphatic rings. The lowest BCUT2D eigenvalue weighted by atomic mass is 10.2. The van der Waals surface area contributed by atoms with Crippen molar-refractivity contribution >= 4 is 39.1 Å². The fourth-order valence-corrected chi connectivity index (χ4v) is 4.29. The molecule has 30 heavy (non-hydrogen) atoms. The van der Waals surface area contributed by atoms with Crippen LogP contribution in [0.15, 0.2) is 42.5 Å². The summed E-state index contributed by atoms with van der Waals surface area (Å²) in [6, 6.07) is 13.6. The van der Waals surface area contributed by atoms with Crippen LogP contribution in [-0.4, -0.2) is 47.4 Å². The molecule has 0 bridgehead atoms. The summed E-state index contributed by atoms with van der Waals surface area (Å²) in [5, 5.41) is 6.68. The van der Waals surface area contributed by atoms with E-state index in [0.717, 1.165) is 21.8 Å². The molecule has 0 spiro atoms. The summed E-state index contributed by atoms with van der Waals surface area (Å²) in [7, 11) is 0. The molecule has 0 fully saturated rings. The number of anilines is 1. The number of aromatic nitrogens is 1. The molecule has 7 heteroatoms. The molecule has 0 unspecified atom stereocenters. The number of nitrogens with zero attached hydrogens (tertiary/aromatic N) is 2. The first-order valence-corrected chi connectivity index (χ1v) is 11.0. The molecule has 1 atom stereocenters. The quantitative estimate of drug-likeness (QED) is 0.572. The number of fused-ring (bicyclic) bond motifs is 1. The van der Waals surface area contributed by atoms with Gasteiger partial charge in [0.15, 0.2) is 0 Å². The van der Waals surface area contributed by atoms with Gasteiger partial charge in [0.1, 0.15) is 5.01 Å². The largest absolute Gasteiger partial charge is 0.355 e. The molecule has 0 radical (unpaired) electrons. The van der Waals surface area contributed by atoms with Gasteiger partial charge in [0.25, 0.3) is 0 Å². The molecule has 3 rings (SSSR count). The van der Waals surface area contributed by atoms with Gasteiger partial charge in [0, 0.05) is 17.8 Å². The zero-order valence-corrected chi connectivity index (χ0v) is 18.7. The molecule has 2 N–H and O–H groups in total. The molecule has 3 aromatic rings. The molecule has 1 heterocycles. The minimum absolute atomic E-state index is 0.0746. The van der Waals surface area contributed by atoms with E-state index in [9.17, 15) is 9.59 Å². The van der Waals surface area contributed by atoms with Gasteiger partial charge in [-0.15, -0.1) is 11.3 Å². The zero-order valence-electron chi connectivity index (χ0n) is 17.9. The van der Waals surface area contributed by atoms with Crippen molar-refractivity contribution in [3.63, 3.8) is 0 Å².